The zero-order valence-corrected chi connectivity index (χ0v) is 16.2. The molecule has 0 spiro atoms. The van der Waals surface area contributed by atoms with Crippen LogP contribution >= 0.6 is 0 Å². The number of aromatic nitrogens is 2. The van der Waals surface area contributed by atoms with Crippen molar-refractivity contribution in [3.05, 3.63) is 17.5 Å². The van der Waals surface area contributed by atoms with Gasteiger partial charge in [0.05, 0.1) is 0 Å². The first-order chi connectivity index (χ1) is 12.4. The summed E-state index contributed by atoms with van der Waals surface area (Å²) in [6, 6.07) is 2.50. The molecule has 1 amide bonds. The fourth-order valence-corrected chi connectivity index (χ4v) is 2.90. The van der Waals surface area contributed by atoms with Gasteiger partial charge in [0.25, 0.3) is 0 Å². The number of likely N-dealkylation sites (N-methyl/N-ethyl adjacent to an activating group) is 1. The van der Waals surface area contributed by atoms with E-state index in [1.807, 2.05) is 19.9 Å². The molecule has 1 saturated carbocycles. The standard InChI is InChI=1S/C18H29N7O/c1-13-11-14(2)21-18(20-13)25-9-7-24(8-10-25)17(22-15-5-6-15)19-12-16(26)23(3)4/h11,15H,5-10,12H2,1-4H3,(H,19,22). The highest BCUT2D eigenvalue weighted by Crippen LogP contribution is 2.20. The van der Waals surface area contributed by atoms with E-state index in [2.05, 4.69) is 30.1 Å². The Kier molecular flexibility index (Phi) is 5.58. The van der Waals surface area contributed by atoms with Gasteiger partial charge >= 0.3 is 0 Å². The first-order valence-electron chi connectivity index (χ1n) is 9.25. The molecule has 8 heteroatoms. The second kappa shape index (κ2) is 7.88. The van der Waals surface area contributed by atoms with Gasteiger partial charge in [-0.15, -0.1) is 0 Å². The van der Waals surface area contributed by atoms with Crippen LogP contribution in [0.2, 0.25) is 0 Å². The molecule has 1 aromatic heterocycles. The third kappa shape index (κ3) is 4.83. The highest BCUT2D eigenvalue weighted by Gasteiger charge is 2.27. The largest absolute Gasteiger partial charge is 0.353 e. The summed E-state index contributed by atoms with van der Waals surface area (Å²) in [5.74, 6) is 1.67. The van der Waals surface area contributed by atoms with Gasteiger partial charge < -0.3 is 20.0 Å². The van der Waals surface area contributed by atoms with Crippen molar-refractivity contribution in [2.75, 3.05) is 51.7 Å². The average molecular weight is 359 g/mol. The van der Waals surface area contributed by atoms with Gasteiger partial charge in [-0.3, -0.25) is 4.79 Å². The van der Waals surface area contributed by atoms with Crippen molar-refractivity contribution in [3.63, 3.8) is 0 Å². The minimum atomic E-state index is 0.0161. The van der Waals surface area contributed by atoms with Crippen LogP contribution < -0.4 is 10.2 Å². The van der Waals surface area contributed by atoms with Gasteiger partial charge in [-0.25, -0.2) is 15.0 Å². The predicted octanol–water partition coefficient (Wildman–Crippen LogP) is 0.412. The lowest BCUT2D eigenvalue weighted by molar-refractivity contribution is -0.127. The number of carbonyl (C=O) groups is 1. The van der Waals surface area contributed by atoms with Crippen molar-refractivity contribution in [2.24, 2.45) is 4.99 Å². The number of piperazine rings is 1. The maximum atomic E-state index is 11.9. The number of hydrogen-bond donors (Lipinski definition) is 1. The van der Waals surface area contributed by atoms with Gasteiger partial charge in [-0.1, -0.05) is 0 Å². The molecule has 0 radical (unpaired) electrons. The molecule has 0 unspecified atom stereocenters. The molecule has 8 nitrogen and oxygen atoms in total. The van der Waals surface area contributed by atoms with Crippen LogP contribution in [-0.4, -0.2) is 84.5 Å². The first kappa shape index (κ1) is 18.4. The maximum Gasteiger partial charge on any atom is 0.243 e. The summed E-state index contributed by atoms with van der Waals surface area (Å²) in [7, 11) is 3.52. The van der Waals surface area contributed by atoms with Crippen LogP contribution in [0.1, 0.15) is 24.2 Å². The SMILES string of the molecule is Cc1cc(C)nc(N2CCN(C(=NCC(=O)N(C)C)NC3CC3)CC2)n1. The maximum absolute atomic E-state index is 11.9. The van der Waals surface area contributed by atoms with E-state index in [4.69, 9.17) is 0 Å². The van der Waals surface area contributed by atoms with Crippen molar-refractivity contribution in [1.82, 2.24) is 25.1 Å². The van der Waals surface area contributed by atoms with Crippen molar-refractivity contribution >= 4 is 17.8 Å². The summed E-state index contributed by atoms with van der Waals surface area (Å²) in [6.07, 6.45) is 2.36. The Hall–Kier alpha value is -2.38. The number of amides is 1. The van der Waals surface area contributed by atoms with Crippen molar-refractivity contribution in [1.29, 1.82) is 0 Å². The van der Waals surface area contributed by atoms with E-state index in [1.165, 1.54) is 12.8 Å². The molecular weight excluding hydrogens is 330 g/mol. The number of nitrogens with one attached hydrogen (secondary N) is 1. The molecule has 1 aromatic rings. The first-order valence-corrected chi connectivity index (χ1v) is 9.25. The second-order valence-electron chi connectivity index (χ2n) is 7.27. The predicted molar refractivity (Wildman–Crippen MR) is 102 cm³/mol. The number of guanidine groups is 1. The smallest absolute Gasteiger partial charge is 0.243 e. The Morgan fingerprint density at radius 3 is 2.35 bits per heavy atom. The minimum Gasteiger partial charge on any atom is -0.353 e. The number of carbonyl (C=O) groups excluding carboxylic acids is 1. The van der Waals surface area contributed by atoms with Gasteiger partial charge in [-0.05, 0) is 32.8 Å². The fraction of sp³-hybridized carbons (Fsp3) is 0.667. The molecule has 2 heterocycles. The molecule has 1 aliphatic heterocycles. The topological polar surface area (TPSA) is 77.0 Å². The quantitative estimate of drug-likeness (QED) is 0.620. The van der Waals surface area contributed by atoms with Gasteiger partial charge in [0.1, 0.15) is 6.54 Å². The zero-order valence-electron chi connectivity index (χ0n) is 16.2. The third-order valence-corrected chi connectivity index (χ3v) is 4.61. The summed E-state index contributed by atoms with van der Waals surface area (Å²) in [6.45, 7) is 7.55. The number of hydrogen-bond acceptors (Lipinski definition) is 5. The molecule has 0 bridgehead atoms. The molecule has 142 valence electrons. The lowest BCUT2D eigenvalue weighted by atomic mass is 10.3. The molecule has 1 saturated heterocycles. The molecule has 0 aromatic carbocycles. The molecule has 1 N–H and O–H groups in total. The van der Waals surface area contributed by atoms with Gasteiger partial charge in [-0.2, -0.15) is 0 Å². The molecule has 3 rings (SSSR count). The molecule has 0 atom stereocenters. The lowest BCUT2D eigenvalue weighted by Crippen LogP contribution is -2.53. The van der Waals surface area contributed by atoms with E-state index in [0.29, 0.717) is 6.04 Å². The normalized spacial score (nSPS) is 18.1. The summed E-state index contributed by atoms with van der Waals surface area (Å²) in [5, 5.41) is 3.48. The van der Waals surface area contributed by atoms with Gasteiger partial charge in [0.15, 0.2) is 5.96 Å². The molecule has 1 aliphatic carbocycles. The Labute approximate surface area is 155 Å². The number of aliphatic imine (C=N–C) groups is 1. The van der Waals surface area contributed by atoms with E-state index in [1.54, 1.807) is 19.0 Å². The monoisotopic (exact) mass is 359 g/mol. The Bertz CT molecular complexity index is 656. The number of nitrogens with zero attached hydrogens (tertiary/aromatic N) is 6. The molecule has 2 fully saturated rings. The van der Waals surface area contributed by atoms with E-state index in [0.717, 1.165) is 49.5 Å². The fourth-order valence-electron chi connectivity index (χ4n) is 2.90. The van der Waals surface area contributed by atoms with Crippen LogP contribution in [0.25, 0.3) is 0 Å². The number of rotatable bonds is 4. The lowest BCUT2D eigenvalue weighted by Gasteiger charge is -2.36. The van der Waals surface area contributed by atoms with E-state index in [-0.39, 0.29) is 12.5 Å². The molecule has 26 heavy (non-hydrogen) atoms. The second-order valence-corrected chi connectivity index (χ2v) is 7.27. The number of anilines is 1. The highest BCUT2D eigenvalue weighted by atomic mass is 16.2. The summed E-state index contributed by atoms with van der Waals surface area (Å²) in [4.78, 5) is 31.6. The Balaban J connectivity index is 1.63. The summed E-state index contributed by atoms with van der Waals surface area (Å²) < 4.78 is 0. The molecular formula is C18H29N7O. The van der Waals surface area contributed by atoms with Crippen LogP contribution in [0, 0.1) is 13.8 Å². The van der Waals surface area contributed by atoms with E-state index < -0.39 is 0 Å². The van der Waals surface area contributed by atoms with E-state index in [9.17, 15) is 4.79 Å². The van der Waals surface area contributed by atoms with Gasteiger partial charge in [0, 0.05) is 57.7 Å². The van der Waals surface area contributed by atoms with Crippen molar-refractivity contribution in [3.8, 4) is 0 Å². The average Bonchev–Trinajstić information content (AvgIpc) is 3.41. The summed E-state index contributed by atoms with van der Waals surface area (Å²) >= 11 is 0. The van der Waals surface area contributed by atoms with Crippen molar-refractivity contribution in [2.45, 2.75) is 32.7 Å². The van der Waals surface area contributed by atoms with Crippen LogP contribution in [0.15, 0.2) is 11.1 Å². The van der Waals surface area contributed by atoms with Gasteiger partial charge in [0.2, 0.25) is 11.9 Å². The van der Waals surface area contributed by atoms with Crippen molar-refractivity contribution < 1.29 is 4.79 Å². The Morgan fingerprint density at radius 2 is 1.81 bits per heavy atom. The minimum absolute atomic E-state index is 0.0161. The number of aryl methyl sites for hydroxylation is 2. The molecule has 2 aliphatic rings. The van der Waals surface area contributed by atoms with Crippen LogP contribution in [-0.2, 0) is 4.79 Å². The van der Waals surface area contributed by atoms with Crippen LogP contribution in [0.4, 0.5) is 5.95 Å². The third-order valence-electron chi connectivity index (χ3n) is 4.61. The van der Waals surface area contributed by atoms with Crippen LogP contribution in [0.5, 0.6) is 0 Å². The summed E-state index contributed by atoms with van der Waals surface area (Å²) in [5.41, 5.74) is 1.99. The highest BCUT2D eigenvalue weighted by molar-refractivity contribution is 5.85. The Morgan fingerprint density at radius 1 is 1.19 bits per heavy atom. The van der Waals surface area contributed by atoms with E-state index >= 15 is 0 Å². The zero-order chi connectivity index (χ0) is 18.7. The van der Waals surface area contributed by atoms with Crippen LogP contribution in [0.3, 0.4) is 0 Å².